The first kappa shape index (κ1) is 13.1. The van der Waals surface area contributed by atoms with Gasteiger partial charge in [-0.05, 0) is 24.2 Å². The molecule has 3 atom stereocenters. The molecular weight excluding hydrogens is 180 g/mol. The number of rotatable bonds is 9. The Bertz CT molecular complexity index is 150. The first-order chi connectivity index (χ1) is 7.33. The van der Waals surface area contributed by atoms with E-state index in [0.29, 0.717) is 0 Å². The van der Waals surface area contributed by atoms with Crippen molar-refractivity contribution < 1.29 is 0 Å². The zero-order chi connectivity index (χ0) is 11.1. The van der Waals surface area contributed by atoms with E-state index in [4.69, 9.17) is 0 Å². The highest BCUT2D eigenvalue weighted by molar-refractivity contribution is 4.89. The van der Waals surface area contributed by atoms with Crippen molar-refractivity contribution in [2.75, 3.05) is 0 Å². The minimum atomic E-state index is 1.07. The van der Waals surface area contributed by atoms with Gasteiger partial charge >= 0.3 is 0 Å². The van der Waals surface area contributed by atoms with Crippen LogP contribution in [0, 0.1) is 17.8 Å². The lowest BCUT2D eigenvalue weighted by Crippen LogP contribution is -2.03. The van der Waals surface area contributed by atoms with Gasteiger partial charge in [-0.25, -0.2) is 0 Å². The van der Waals surface area contributed by atoms with Crippen LogP contribution >= 0.6 is 0 Å². The molecule has 1 saturated carbocycles. The molecule has 1 fully saturated rings. The molecule has 0 heterocycles. The molecule has 0 radical (unpaired) electrons. The van der Waals surface area contributed by atoms with Gasteiger partial charge < -0.3 is 0 Å². The molecule has 0 heteroatoms. The Morgan fingerprint density at radius 1 is 1.00 bits per heavy atom. The summed E-state index contributed by atoms with van der Waals surface area (Å²) in [4.78, 5) is 0. The molecule has 0 aromatic carbocycles. The maximum atomic E-state index is 2.39. The molecule has 0 saturated heterocycles. The number of hydrogen-bond acceptors (Lipinski definition) is 0. The summed E-state index contributed by atoms with van der Waals surface area (Å²) in [6.07, 6.45) is 13.2. The summed E-state index contributed by atoms with van der Waals surface area (Å²) >= 11 is 0. The average Bonchev–Trinajstić information content (AvgIpc) is 3.03. The largest absolute Gasteiger partial charge is 0.0654 e. The molecule has 0 aliphatic heterocycles. The maximum Gasteiger partial charge on any atom is -0.0355 e. The van der Waals surface area contributed by atoms with Gasteiger partial charge in [-0.1, -0.05) is 72.1 Å². The van der Waals surface area contributed by atoms with Gasteiger partial charge in [-0.3, -0.25) is 0 Å². The highest BCUT2D eigenvalue weighted by Gasteiger charge is 2.39. The van der Waals surface area contributed by atoms with E-state index >= 15 is 0 Å². The van der Waals surface area contributed by atoms with Gasteiger partial charge in [0.1, 0.15) is 0 Å². The van der Waals surface area contributed by atoms with Crippen LogP contribution in [0.3, 0.4) is 0 Å². The molecule has 0 aromatic rings. The maximum absolute atomic E-state index is 2.39. The smallest absolute Gasteiger partial charge is 0.0355 e. The van der Waals surface area contributed by atoms with Crippen LogP contribution in [0.25, 0.3) is 0 Å². The van der Waals surface area contributed by atoms with Gasteiger partial charge in [0.2, 0.25) is 0 Å². The van der Waals surface area contributed by atoms with E-state index in [2.05, 4.69) is 20.8 Å². The van der Waals surface area contributed by atoms with Crippen molar-refractivity contribution >= 4 is 0 Å². The van der Waals surface area contributed by atoms with Crippen LogP contribution in [0.5, 0.6) is 0 Å². The summed E-state index contributed by atoms with van der Waals surface area (Å²) in [7, 11) is 0. The fourth-order valence-corrected chi connectivity index (χ4v) is 3.05. The van der Waals surface area contributed by atoms with Gasteiger partial charge in [0.25, 0.3) is 0 Å². The molecule has 0 aromatic heterocycles. The summed E-state index contributed by atoms with van der Waals surface area (Å²) < 4.78 is 0. The molecular formula is C15H30. The molecule has 3 unspecified atom stereocenters. The Hall–Kier alpha value is 0. The Morgan fingerprint density at radius 2 is 1.73 bits per heavy atom. The second-order valence-corrected chi connectivity index (χ2v) is 5.44. The fraction of sp³-hybridized carbons (Fsp3) is 1.00. The summed E-state index contributed by atoms with van der Waals surface area (Å²) in [6.45, 7) is 7.05. The number of unbranched alkanes of at least 4 members (excludes halogenated alkanes) is 4. The Kier molecular flexibility index (Phi) is 6.36. The fourth-order valence-electron chi connectivity index (χ4n) is 3.05. The molecule has 0 bridgehead atoms. The Morgan fingerprint density at radius 3 is 2.27 bits per heavy atom. The zero-order valence-electron chi connectivity index (χ0n) is 11.1. The molecule has 0 nitrogen and oxygen atoms in total. The highest BCUT2D eigenvalue weighted by Crippen LogP contribution is 2.49. The predicted molar refractivity (Wildman–Crippen MR) is 69.0 cm³/mol. The van der Waals surface area contributed by atoms with E-state index in [1.807, 2.05) is 0 Å². The molecule has 15 heavy (non-hydrogen) atoms. The van der Waals surface area contributed by atoms with E-state index in [0.717, 1.165) is 17.8 Å². The molecule has 1 aliphatic carbocycles. The van der Waals surface area contributed by atoms with Crippen LogP contribution in [0.2, 0.25) is 0 Å². The van der Waals surface area contributed by atoms with Crippen LogP contribution in [0.4, 0.5) is 0 Å². The van der Waals surface area contributed by atoms with Crippen molar-refractivity contribution in [1.82, 2.24) is 0 Å². The minimum absolute atomic E-state index is 1.07. The van der Waals surface area contributed by atoms with E-state index in [1.165, 1.54) is 51.4 Å². The normalized spacial score (nSPS) is 26.6. The Balaban J connectivity index is 2.02. The lowest BCUT2D eigenvalue weighted by molar-refractivity contribution is 0.373. The average molecular weight is 210 g/mol. The van der Waals surface area contributed by atoms with Gasteiger partial charge in [0.05, 0.1) is 0 Å². The summed E-state index contributed by atoms with van der Waals surface area (Å²) in [5, 5.41) is 0. The van der Waals surface area contributed by atoms with Crippen LogP contribution in [0.1, 0.15) is 78.6 Å². The SMILES string of the molecule is CCCCCCCC(CC)C1CC1CC. The monoisotopic (exact) mass is 210 g/mol. The lowest BCUT2D eigenvalue weighted by Gasteiger charge is -2.14. The van der Waals surface area contributed by atoms with Gasteiger partial charge in [0.15, 0.2) is 0 Å². The van der Waals surface area contributed by atoms with Crippen LogP contribution in [-0.2, 0) is 0 Å². The molecule has 0 amide bonds. The zero-order valence-corrected chi connectivity index (χ0v) is 11.1. The first-order valence-electron chi connectivity index (χ1n) is 7.33. The van der Waals surface area contributed by atoms with Gasteiger partial charge in [0, 0.05) is 0 Å². The van der Waals surface area contributed by atoms with Crippen molar-refractivity contribution in [2.24, 2.45) is 17.8 Å². The summed E-state index contributed by atoms with van der Waals surface area (Å²) in [5.74, 6) is 3.29. The lowest BCUT2D eigenvalue weighted by atomic mass is 9.92. The van der Waals surface area contributed by atoms with E-state index in [9.17, 15) is 0 Å². The second kappa shape index (κ2) is 7.30. The predicted octanol–water partition coefficient (Wildman–Crippen LogP) is 5.42. The third kappa shape index (κ3) is 4.57. The first-order valence-corrected chi connectivity index (χ1v) is 7.33. The highest BCUT2D eigenvalue weighted by atomic mass is 14.4. The molecule has 1 rings (SSSR count). The molecule has 0 N–H and O–H groups in total. The van der Waals surface area contributed by atoms with Crippen LogP contribution in [-0.4, -0.2) is 0 Å². The van der Waals surface area contributed by atoms with Crippen LogP contribution in [0.15, 0.2) is 0 Å². The Labute approximate surface area is 96.8 Å². The van der Waals surface area contributed by atoms with Gasteiger partial charge in [-0.15, -0.1) is 0 Å². The van der Waals surface area contributed by atoms with Gasteiger partial charge in [-0.2, -0.15) is 0 Å². The van der Waals surface area contributed by atoms with E-state index < -0.39 is 0 Å². The summed E-state index contributed by atoms with van der Waals surface area (Å²) in [6, 6.07) is 0. The third-order valence-electron chi connectivity index (χ3n) is 4.31. The topological polar surface area (TPSA) is 0 Å². The second-order valence-electron chi connectivity index (χ2n) is 5.44. The van der Waals surface area contributed by atoms with E-state index in [-0.39, 0.29) is 0 Å². The van der Waals surface area contributed by atoms with Crippen molar-refractivity contribution in [3.8, 4) is 0 Å². The quantitative estimate of drug-likeness (QED) is 0.446. The molecule has 1 aliphatic rings. The molecule has 0 spiro atoms. The third-order valence-corrected chi connectivity index (χ3v) is 4.31. The summed E-state index contributed by atoms with van der Waals surface area (Å²) in [5.41, 5.74) is 0. The molecule has 90 valence electrons. The van der Waals surface area contributed by atoms with Crippen molar-refractivity contribution in [3.63, 3.8) is 0 Å². The van der Waals surface area contributed by atoms with Crippen molar-refractivity contribution in [1.29, 1.82) is 0 Å². The van der Waals surface area contributed by atoms with Crippen LogP contribution < -0.4 is 0 Å². The van der Waals surface area contributed by atoms with Crippen molar-refractivity contribution in [2.45, 2.75) is 78.6 Å². The van der Waals surface area contributed by atoms with E-state index in [1.54, 1.807) is 6.42 Å². The van der Waals surface area contributed by atoms with Crippen molar-refractivity contribution in [3.05, 3.63) is 0 Å². The number of hydrogen-bond donors (Lipinski definition) is 0. The minimum Gasteiger partial charge on any atom is -0.0654 e. The standard InChI is InChI=1S/C15H30/c1-4-7-8-9-10-11-13(5-2)15-12-14(15)6-3/h13-15H,4-12H2,1-3H3.